The number of aromatic nitrogens is 2. The van der Waals surface area contributed by atoms with E-state index in [4.69, 9.17) is 25.2 Å². The number of hydrogen-bond acceptors (Lipinski definition) is 7. The lowest BCUT2D eigenvalue weighted by molar-refractivity contribution is -0.136. The first kappa shape index (κ1) is 30.3. The molecule has 1 atom stereocenters. The van der Waals surface area contributed by atoms with Crippen molar-refractivity contribution in [1.82, 2.24) is 9.97 Å². The van der Waals surface area contributed by atoms with Crippen LogP contribution in [0, 0.1) is 6.92 Å². The largest absolute Gasteiger partial charge is 0.491 e. The predicted molar refractivity (Wildman–Crippen MR) is 153 cm³/mol. The van der Waals surface area contributed by atoms with E-state index >= 15 is 0 Å². The summed E-state index contributed by atoms with van der Waals surface area (Å²) < 4.78 is 47.6. The van der Waals surface area contributed by atoms with Crippen LogP contribution in [0.4, 0.5) is 14.6 Å². The summed E-state index contributed by atoms with van der Waals surface area (Å²) >= 11 is 0. The standard InChI is InChI=1S/C29H32F2N3O6P/c1-18-14-22(40-13-12-39-11-10-29(30,31)41(37)38)7-6-21(18)5-2-20-15-24-23-8-3-19(4-9-26(35)36)16-25(23)34-28(32)27(24)33-17-20/h3,6-8,14-17,41H,2,4-5,9-13H2,1H3,(H2,32,34)(H,35,36)(H,37,38). The van der Waals surface area contributed by atoms with Crippen LogP contribution in [0.25, 0.3) is 21.8 Å². The summed E-state index contributed by atoms with van der Waals surface area (Å²) in [5, 5.41) is 10.8. The number of benzene rings is 2. The molecular formula is C29H32F2N3O6P. The molecule has 0 fully saturated rings. The summed E-state index contributed by atoms with van der Waals surface area (Å²) in [4.78, 5) is 28.6. The molecule has 218 valence electrons. The Morgan fingerprint density at radius 3 is 2.56 bits per heavy atom. The normalized spacial score (nSPS) is 12.6. The zero-order valence-corrected chi connectivity index (χ0v) is 23.5. The number of carboxylic acids is 1. The molecule has 0 saturated carbocycles. The van der Waals surface area contributed by atoms with E-state index < -0.39 is 26.1 Å². The maximum Gasteiger partial charge on any atom is 0.321 e. The first-order valence-electron chi connectivity index (χ1n) is 13.1. The molecule has 0 amide bonds. The molecule has 4 aromatic rings. The minimum absolute atomic E-state index is 0.0442. The third-order valence-corrected chi connectivity index (χ3v) is 7.65. The number of alkyl halides is 2. The highest BCUT2D eigenvalue weighted by Crippen LogP contribution is 2.41. The van der Waals surface area contributed by atoms with Gasteiger partial charge >= 0.3 is 11.6 Å². The Bertz CT molecular complexity index is 1580. The molecule has 12 heteroatoms. The number of halogens is 2. The van der Waals surface area contributed by atoms with Crippen LogP contribution in [-0.4, -0.2) is 51.4 Å². The number of aryl methyl sites for hydroxylation is 4. The van der Waals surface area contributed by atoms with Gasteiger partial charge in [-0.05, 0) is 72.7 Å². The molecule has 0 spiro atoms. The Labute approximate surface area is 236 Å². The number of aliphatic carboxylic acids is 1. The molecule has 0 bridgehead atoms. The van der Waals surface area contributed by atoms with Crippen LogP contribution < -0.4 is 10.5 Å². The van der Waals surface area contributed by atoms with E-state index in [0.29, 0.717) is 29.0 Å². The lowest BCUT2D eigenvalue weighted by atomic mass is 9.99. The molecule has 0 aliphatic heterocycles. The lowest BCUT2D eigenvalue weighted by Crippen LogP contribution is -2.15. The highest BCUT2D eigenvalue weighted by molar-refractivity contribution is 7.39. The Hall–Kier alpha value is -3.66. The van der Waals surface area contributed by atoms with Gasteiger partial charge in [0.1, 0.15) is 17.9 Å². The quantitative estimate of drug-likeness (QED) is 0.101. The number of nitrogen functional groups attached to an aromatic ring is 1. The second-order valence-corrected chi connectivity index (χ2v) is 11.1. The van der Waals surface area contributed by atoms with E-state index in [2.05, 4.69) is 16.0 Å². The summed E-state index contributed by atoms with van der Waals surface area (Å²) in [5.41, 5.74) is 8.00. The van der Waals surface area contributed by atoms with Gasteiger partial charge in [0.2, 0.25) is 0 Å². The number of anilines is 1. The monoisotopic (exact) mass is 587 g/mol. The van der Waals surface area contributed by atoms with Gasteiger partial charge in [-0.3, -0.25) is 14.3 Å². The molecule has 0 aliphatic rings. The van der Waals surface area contributed by atoms with E-state index in [9.17, 15) is 18.1 Å². The fraction of sp³-hybridized carbons (Fsp3) is 0.345. The maximum absolute atomic E-state index is 13.1. The smallest absolute Gasteiger partial charge is 0.321 e. The molecule has 9 nitrogen and oxygen atoms in total. The van der Waals surface area contributed by atoms with Crippen molar-refractivity contribution in [1.29, 1.82) is 0 Å². The Balaban J connectivity index is 1.36. The van der Waals surface area contributed by atoms with Gasteiger partial charge in [0.15, 0.2) is 5.82 Å². The van der Waals surface area contributed by atoms with E-state index in [1.807, 2.05) is 43.3 Å². The minimum atomic E-state index is -3.92. The maximum atomic E-state index is 13.1. The van der Waals surface area contributed by atoms with Crippen molar-refractivity contribution >= 4 is 41.6 Å². The predicted octanol–water partition coefficient (Wildman–Crippen LogP) is 5.32. The van der Waals surface area contributed by atoms with Gasteiger partial charge in [-0.2, -0.15) is 8.78 Å². The molecule has 4 rings (SSSR count). The molecular weight excluding hydrogens is 555 g/mol. The van der Waals surface area contributed by atoms with Crippen molar-refractivity contribution in [3.63, 3.8) is 0 Å². The van der Waals surface area contributed by atoms with E-state index in [1.54, 1.807) is 6.20 Å². The second-order valence-electron chi connectivity index (χ2n) is 9.79. The van der Waals surface area contributed by atoms with Crippen LogP contribution in [-0.2, 0) is 33.4 Å². The van der Waals surface area contributed by atoms with Gasteiger partial charge in [0, 0.05) is 29.8 Å². The number of ether oxygens (including phenoxy) is 2. The molecule has 0 aliphatic carbocycles. The van der Waals surface area contributed by atoms with Crippen LogP contribution in [0.1, 0.15) is 35.1 Å². The van der Waals surface area contributed by atoms with Crippen molar-refractivity contribution in [2.75, 3.05) is 25.6 Å². The molecule has 1 unspecified atom stereocenters. The van der Waals surface area contributed by atoms with Gasteiger partial charge in [-0.1, -0.05) is 18.2 Å². The van der Waals surface area contributed by atoms with Crippen molar-refractivity contribution in [3.05, 3.63) is 70.9 Å². The molecule has 2 aromatic heterocycles. The third kappa shape index (κ3) is 7.97. The topological polar surface area (TPSA) is 145 Å². The van der Waals surface area contributed by atoms with Crippen LogP contribution in [0.2, 0.25) is 0 Å². The van der Waals surface area contributed by atoms with Gasteiger partial charge in [-0.15, -0.1) is 0 Å². The Morgan fingerprint density at radius 2 is 1.83 bits per heavy atom. The Morgan fingerprint density at radius 1 is 1.02 bits per heavy atom. The van der Waals surface area contributed by atoms with Crippen LogP contribution in [0.15, 0.2) is 48.7 Å². The minimum Gasteiger partial charge on any atom is -0.491 e. The summed E-state index contributed by atoms with van der Waals surface area (Å²) in [7, 11) is -3.92. The number of fused-ring (bicyclic) bond motifs is 3. The van der Waals surface area contributed by atoms with Crippen LogP contribution in [0.5, 0.6) is 5.75 Å². The van der Waals surface area contributed by atoms with Crippen molar-refractivity contribution < 1.29 is 37.6 Å². The summed E-state index contributed by atoms with van der Waals surface area (Å²) in [6.07, 6.45) is 2.96. The molecule has 41 heavy (non-hydrogen) atoms. The first-order chi connectivity index (χ1) is 19.5. The second kappa shape index (κ2) is 13.3. The summed E-state index contributed by atoms with van der Waals surface area (Å²) in [6, 6.07) is 13.5. The number of nitrogens with two attached hydrogens (primary N) is 1. The number of nitrogens with zero attached hydrogens (tertiary/aromatic N) is 2. The molecule has 2 aromatic carbocycles. The van der Waals surface area contributed by atoms with E-state index in [0.717, 1.165) is 45.9 Å². The zero-order chi connectivity index (χ0) is 29.6. The molecule has 4 N–H and O–H groups in total. The number of pyridine rings is 2. The van der Waals surface area contributed by atoms with Gasteiger partial charge in [-0.25, -0.2) is 4.98 Å². The first-order valence-corrected chi connectivity index (χ1v) is 14.5. The van der Waals surface area contributed by atoms with Crippen molar-refractivity contribution in [2.45, 2.75) is 44.7 Å². The van der Waals surface area contributed by atoms with Crippen LogP contribution in [0.3, 0.4) is 0 Å². The molecule has 0 saturated heterocycles. The highest BCUT2D eigenvalue weighted by Gasteiger charge is 2.35. The third-order valence-electron chi connectivity index (χ3n) is 6.77. The summed E-state index contributed by atoms with van der Waals surface area (Å²) in [6.45, 7) is 1.89. The lowest BCUT2D eigenvalue weighted by Gasteiger charge is -2.13. The number of hydrogen-bond donors (Lipinski definition) is 3. The fourth-order valence-electron chi connectivity index (χ4n) is 4.49. The highest BCUT2D eigenvalue weighted by atomic mass is 31.1. The molecule has 2 heterocycles. The zero-order valence-electron chi connectivity index (χ0n) is 22.5. The Kier molecular flexibility index (Phi) is 9.86. The number of carbonyl (C=O) groups is 1. The number of carboxylic acid groups (broad SMARTS) is 1. The average molecular weight is 588 g/mol. The van der Waals surface area contributed by atoms with E-state index in [-0.39, 0.29) is 26.2 Å². The SMILES string of the molecule is Cc1cc(OCCOCCC(F)(F)[PH](=O)O)ccc1CCc1cnc2c(N)nc3cc(CCC(=O)O)ccc3c2c1. The van der Waals surface area contributed by atoms with Gasteiger partial charge in [0.25, 0.3) is 8.03 Å². The fourth-order valence-corrected chi connectivity index (χ4v) is 4.80. The average Bonchev–Trinajstić information content (AvgIpc) is 2.93. The van der Waals surface area contributed by atoms with Crippen LogP contribution >= 0.6 is 8.03 Å². The number of rotatable bonds is 14. The van der Waals surface area contributed by atoms with E-state index in [1.165, 1.54) is 0 Å². The van der Waals surface area contributed by atoms with Crippen molar-refractivity contribution in [2.24, 2.45) is 0 Å². The summed E-state index contributed by atoms with van der Waals surface area (Å²) in [5.74, 6) is 0.105. The van der Waals surface area contributed by atoms with Crippen molar-refractivity contribution in [3.8, 4) is 5.75 Å². The van der Waals surface area contributed by atoms with Gasteiger partial charge < -0.3 is 25.2 Å². The van der Waals surface area contributed by atoms with Gasteiger partial charge in [0.05, 0.1) is 18.7 Å². The molecule has 0 radical (unpaired) electrons.